The minimum absolute atomic E-state index is 0.0719. The molecule has 102 valence electrons. The Hall–Kier alpha value is -0.970. The monoisotopic (exact) mass is 270 g/mol. The van der Waals surface area contributed by atoms with E-state index >= 15 is 0 Å². The van der Waals surface area contributed by atoms with Crippen molar-refractivity contribution in [2.45, 2.75) is 51.7 Å². The van der Waals surface area contributed by atoms with Crippen molar-refractivity contribution in [3.05, 3.63) is 11.9 Å². The molecule has 0 spiro atoms. The largest absolute Gasteiger partial charge is 0.481 e. The minimum Gasteiger partial charge on any atom is -0.481 e. The summed E-state index contributed by atoms with van der Waals surface area (Å²) in [4.78, 5) is 14.9. The number of rotatable bonds is 8. The lowest BCUT2D eigenvalue weighted by molar-refractivity contribution is -0.133. The van der Waals surface area contributed by atoms with Gasteiger partial charge in [-0.15, -0.1) is 0 Å². The summed E-state index contributed by atoms with van der Waals surface area (Å²) in [6.45, 7) is 7.33. The second kappa shape index (κ2) is 7.46. The van der Waals surface area contributed by atoms with Crippen molar-refractivity contribution in [3.8, 4) is 0 Å². The molecule has 0 atom stereocenters. The average molecular weight is 270 g/mol. The lowest BCUT2D eigenvalue weighted by Crippen LogP contribution is -2.03. The second-order valence-electron chi connectivity index (χ2n) is 4.93. The molecule has 0 unspecified atom stereocenters. The predicted molar refractivity (Wildman–Crippen MR) is 74.0 cm³/mol. The Kier molecular flexibility index (Phi) is 6.25. The number of aliphatic carboxylic acids is 1. The van der Waals surface area contributed by atoms with Gasteiger partial charge in [0.1, 0.15) is 0 Å². The number of aryl methyl sites for hydroxylation is 2. The third-order valence-corrected chi connectivity index (χ3v) is 3.59. The Balaban J connectivity index is 2.45. The summed E-state index contributed by atoms with van der Waals surface area (Å²) in [5.41, 5.74) is 0.951. The van der Waals surface area contributed by atoms with E-state index in [4.69, 9.17) is 5.11 Å². The van der Waals surface area contributed by atoms with E-state index in [1.807, 2.05) is 13.1 Å². The zero-order valence-corrected chi connectivity index (χ0v) is 12.2. The minimum atomic E-state index is -0.799. The predicted octanol–water partition coefficient (Wildman–Crippen LogP) is 3.19. The van der Waals surface area contributed by atoms with Gasteiger partial charge in [0.25, 0.3) is 0 Å². The number of aromatic nitrogens is 2. The van der Waals surface area contributed by atoms with Crippen LogP contribution in [0.5, 0.6) is 0 Å². The zero-order chi connectivity index (χ0) is 13.5. The lowest BCUT2D eigenvalue weighted by atomic mass is 10.1. The molecule has 0 aliphatic rings. The molecule has 1 heterocycles. The summed E-state index contributed by atoms with van der Waals surface area (Å²) in [5.74, 6) is 0.0185. The van der Waals surface area contributed by atoms with Crippen molar-refractivity contribution >= 4 is 17.7 Å². The first kappa shape index (κ1) is 15.1. The average Bonchev–Trinajstić information content (AvgIpc) is 2.62. The quantitative estimate of drug-likeness (QED) is 0.582. The Morgan fingerprint density at radius 2 is 2.22 bits per heavy atom. The van der Waals surface area contributed by atoms with Gasteiger partial charge in [0.05, 0.1) is 11.4 Å². The first-order valence-corrected chi connectivity index (χ1v) is 7.36. The van der Waals surface area contributed by atoms with Gasteiger partial charge in [-0.05, 0) is 19.3 Å². The molecule has 1 aromatic rings. The third-order valence-electron chi connectivity index (χ3n) is 2.62. The maximum absolute atomic E-state index is 10.6. The van der Waals surface area contributed by atoms with Gasteiger partial charge in [0, 0.05) is 12.7 Å². The van der Waals surface area contributed by atoms with Crippen LogP contribution >= 0.6 is 11.8 Å². The van der Waals surface area contributed by atoms with Crippen molar-refractivity contribution < 1.29 is 9.90 Å². The molecule has 0 fully saturated rings. The molecule has 0 aliphatic carbocycles. The van der Waals surface area contributed by atoms with Gasteiger partial charge in [0.2, 0.25) is 0 Å². The van der Waals surface area contributed by atoms with Gasteiger partial charge >= 0.3 is 5.97 Å². The number of nitrogens with zero attached hydrogens (tertiary/aromatic N) is 2. The number of carboxylic acid groups (broad SMARTS) is 1. The molecule has 0 amide bonds. The van der Waals surface area contributed by atoms with Crippen molar-refractivity contribution in [2.75, 3.05) is 5.75 Å². The molecule has 0 aromatic carbocycles. The summed E-state index contributed by atoms with van der Waals surface area (Å²) >= 11 is 1.29. The van der Waals surface area contributed by atoms with Gasteiger partial charge in [-0.3, -0.25) is 4.79 Å². The van der Waals surface area contributed by atoms with Crippen LogP contribution in [0.1, 0.15) is 38.8 Å². The maximum atomic E-state index is 10.6. The van der Waals surface area contributed by atoms with E-state index in [2.05, 4.69) is 23.4 Å². The summed E-state index contributed by atoms with van der Waals surface area (Å²) in [7, 11) is 0. The van der Waals surface area contributed by atoms with Crippen LogP contribution in [0.25, 0.3) is 0 Å². The molecule has 1 rings (SSSR count). The summed E-state index contributed by atoms with van der Waals surface area (Å²) in [6, 6.07) is 0. The van der Waals surface area contributed by atoms with Crippen LogP contribution in [0, 0.1) is 12.8 Å². The van der Waals surface area contributed by atoms with Gasteiger partial charge in [-0.25, -0.2) is 4.98 Å². The lowest BCUT2D eigenvalue weighted by Gasteiger charge is -2.07. The van der Waals surface area contributed by atoms with Crippen LogP contribution in [0.2, 0.25) is 0 Å². The normalized spacial score (nSPS) is 11.1. The molecule has 0 saturated heterocycles. The van der Waals surface area contributed by atoms with Crippen molar-refractivity contribution in [3.63, 3.8) is 0 Å². The Labute approximate surface area is 113 Å². The van der Waals surface area contributed by atoms with E-state index in [1.165, 1.54) is 24.6 Å². The van der Waals surface area contributed by atoms with E-state index in [-0.39, 0.29) is 5.75 Å². The molecule has 1 aromatic heterocycles. The van der Waals surface area contributed by atoms with Gasteiger partial charge < -0.3 is 9.67 Å². The SMILES string of the molecule is Cc1cn(CCCCC(C)C)c(SCC(=O)O)n1. The van der Waals surface area contributed by atoms with E-state index < -0.39 is 5.97 Å². The summed E-state index contributed by atoms with van der Waals surface area (Å²) in [5, 5.41) is 9.51. The topological polar surface area (TPSA) is 55.1 Å². The standard InChI is InChI=1S/C13H22N2O2S/c1-10(2)6-4-5-7-15-8-11(3)14-13(15)18-9-12(16)17/h8,10H,4-7,9H2,1-3H3,(H,16,17). The molecular weight excluding hydrogens is 248 g/mol. The smallest absolute Gasteiger partial charge is 0.313 e. The number of thioether (sulfide) groups is 1. The number of carboxylic acids is 1. The Morgan fingerprint density at radius 1 is 1.50 bits per heavy atom. The van der Waals surface area contributed by atoms with E-state index in [0.717, 1.165) is 29.7 Å². The van der Waals surface area contributed by atoms with Crippen LogP contribution in [0.15, 0.2) is 11.4 Å². The van der Waals surface area contributed by atoms with Gasteiger partial charge in [0.15, 0.2) is 5.16 Å². The zero-order valence-electron chi connectivity index (χ0n) is 11.3. The third kappa shape index (κ3) is 5.58. The van der Waals surface area contributed by atoms with E-state index in [9.17, 15) is 4.79 Å². The fourth-order valence-corrected chi connectivity index (χ4v) is 2.53. The number of unbranched alkanes of at least 4 members (excludes halogenated alkanes) is 1. The van der Waals surface area contributed by atoms with Crippen LogP contribution in [-0.4, -0.2) is 26.4 Å². The van der Waals surface area contributed by atoms with Crippen LogP contribution in [-0.2, 0) is 11.3 Å². The van der Waals surface area contributed by atoms with Crippen LogP contribution in [0.4, 0.5) is 0 Å². The number of imidazole rings is 1. The highest BCUT2D eigenvalue weighted by Gasteiger charge is 2.08. The molecule has 0 radical (unpaired) electrons. The molecule has 18 heavy (non-hydrogen) atoms. The molecule has 5 heteroatoms. The fraction of sp³-hybridized carbons (Fsp3) is 0.692. The molecule has 0 aliphatic heterocycles. The van der Waals surface area contributed by atoms with Crippen LogP contribution < -0.4 is 0 Å². The van der Waals surface area contributed by atoms with E-state index in [1.54, 1.807) is 0 Å². The summed E-state index contributed by atoms with van der Waals surface area (Å²) in [6.07, 6.45) is 5.57. The molecule has 0 saturated carbocycles. The molecular formula is C13H22N2O2S. The highest BCUT2D eigenvalue weighted by molar-refractivity contribution is 7.99. The number of carbonyl (C=O) groups is 1. The van der Waals surface area contributed by atoms with E-state index in [0.29, 0.717) is 0 Å². The second-order valence-corrected chi connectivity index (χ2v) is 5.87. The first-order chi connectivity index (χ1) is 8.49. The van der Waals surface area contributed by atoms with Crippen LogP contribution in [0.3, 0.4) is 0 Å². The number of hydrogen-bond donors (Lipinski definition) is 1. The highest BCUT2D eigenvalue weighted by Crippen LogP contribution is 2.18. The molecule has 0 bridgehead atoms. The molecule has 1 N–H and O–H groups in total. The van der Waals surface area contributed by atoms with Crippen molar-refractivity contribution in [2.24, 2.45) is 5.92 Å². The molecule has 4 nitrogen and oxygen atoms in total. The van der Waals surface area contributed by atoms with Crippen molar-refractivity contribution in [1.29, 1.82) is 0 Å². The van der Waals surface area contributed by atoms with Gasteiger partial charge in [-0.1, -0.05) is 38.5 Å². The highest BCUT2D eigenvalue weighted by atomic mass is 32.2. The van der Waals surface area contributed by atoms with Gasteiger partial charge in [-0.2, -0.15) is 0 Å². The number of hydrogen-bond acceptors (Lipinski definition) is 3. The summed E-state index contributed by atoms with van der Waals surface area (Å²) < 4.78 is 2.07. The Morgan fingerprint density at radius 3 is 2.83 bits per heavy atom. The fourth-order valence-electron chi connectivity index (χ4n) is 1.76. The van der Waals surface area contributed by atoms with Crippen molar-refractivity contribution in [1.82, 2.24) is 9.55 Å². The Bertz CT molecular complexity index is 388. The first-order valence-electron chi connectivity index (χ1n) is 6.37. The maximum Gasteiger partial charge on any atom is 0.313 e.